The van der Waals surface area contributed by atoms with Crippen molar-refractivity contribution in [1.29, 1.82) is 0 Å². The van der Waals surface area contributed by atoms with Crippen molar-refractivity contribution in [3.8, 4) is 0 Å². The number of carboxylic acids is 1. The van der Waals surface area contributed by atoms with Crippen molar-refractivity contribution in [2.45, 2.75) is 20.8 Å². The van der Waals surface area contributed by atoms with Crippen LogP contribution in [0.25, 0.3) is 0 Å². The van der Waals surface area contributed by atoms with Gasteiger partial charge in [0, 0.05) is 0 Å². The van der Waals surface area contributed by atoms with E-state index in [1.807, 2.05) is 13.8 Å². The second-order valence-electron chi connectivity index (χ2n) is 2.36. The SMILES string of the molecule is CC.Cc1ccc(C(=O)O)c(F)c1I. The molecule has 0 bridgehead atoms. The molecule has 0 aliphatic carbocycles. The second-order valence-corrected chi connectivity index (χ2v) is 3.44. The molecule has 0 amide bonds. The minimum Gasteiger partial charge on any atom is -0.478 e. The lowest BCUT2D eigenvalue weighted by atomic mass is 10.1. The molecule has 14 heavy (non-hydrogen) atoms. The third kappa shape index (κ3) is 2.94. The Labute approximate surface area is 96.3 Å². The maximum absolute atomic E-state index is 13.1. The van der Waals surface area contributed by atoms with Gasteiger partial charge in [0.15, 0.2) is 5.82 Å². The molecule has 1 N–H and O–H groups in total. The highest BCUT2D eigenvalue weighted by Crippen LogP contribution is 2.18. The third-order valence-electron chi connectivity index (χ3n) is 1.51. The van der Waals surface area contributed by atoms with Crippen LogP contribution in [0.4, 0.5) is 4.39 Å². The Balaban J connectivity index is 0.000000791. The molecule has 0 atom stereocenters. The van der Waals surface area contributed by atoms with E-state index in [0.29, 0.717) is 3.57 Å². The monoisotopic (exact) mass is 310 g/mol. The zero-order valence-corrected chi connectivity index (χ0v) is 10.4. The van der Waals surface area contributed by atoms with E-state index in [1.165, 1.54) is 6.07 Å². The van der Waals surface area contributed by atoms with E-state index in [-0.39, 0.29) is 5.56 Å². The van der Waals surface area contributed by atoms with Crippen LogP contribution >= 0.6 is 22.6 Å². The summed E-state index contributed by atoms with van der Waals surface area (Å²) >= 11 is 1.79. The topological polar surface area (TPSA) is 37.3 Å². The Morgan fingerprint density at radius 3 is 2.36 bits per heavy atom. The van der Waals surface area contributed by atoms with Crippen LogP contribution in [0.2, 0.25) is 0 Å². The highest BCUT2D eigenvalue weighted by Gasteiger charge is 2.13. The average molecular weight is 310 g/mol. The zero-order valence-electron chi connectivity index (χ0n) is 8.27. The van der Waals surface area contributed by atoms with E-state index in [0.717, 1.165) is 5.56 Å². The van der Waals surface area contributed by atoms with Crippen LogP contribution in [0, 0.1) is 16.3 Å². The largest absolute Gasteiger partial charge is 0.478 e. The molecular weight excluding hydrogens is 298 g/mol. The number of hydrogen-bond acceptors (Lipinski definition) is 1. The van der Waals surface area contributed by atoms with Gasteiger partial charge in [0.1, 0.15) is 0 Å². The predicted octanol–water partition coefficient (Wildman–Crippen LogP) is 3.46. The fourth-order valence-corrected chi connectivity index (χ4v) is 1.28. The molecule has 1 rings (SSSR count). The first-order valence-electron chi connectivity index (χ1n) is 4.22. The van der Waals surface area contributed by atoms with Gasteiger partial charge in [-0.2, -0.15) is 0 Å². The third-order valence-corrected chi connectivity index (χ3v) is 2.83. The number of carboxylic acid groups (broad SMARTS) is 1. The number of carbonyl (C=O) groups is 1. The molecule has 1 aromatic rings. The lowest BCUT2D eigenvalue weighted by molar-refractivity contribution is 0.0691. The van der Waals surface area contributed by atoms with Gasteiger partial charge in [0.05, 0.1) is 9.13 Å². The molecule has 0 radical (unpaired) electrons. The summed E-state index contributed by atoms with van der Waals surface area (Å²) in [4.78, 5) is 10.4. The van der Waals surface area contributed by atoms with Crippen molar-refractivity contribution in [1.82, 2.24) is 0 Å². The second kappa shape index (κ2) is 5.95. The van der Waals surface area contributed by atoms with Crippen LogP contribution in [0.15, 0.2) is 12.1 Å². The molecule has 0 saturated carbocycles. The predicted molar refractivity (Wildman–Crippen MR) is 62.2 cm³/mol. The molecule has 0 aliphatic heterocycles. The number of hydrogen-bond donors (Lipinski definition) is 1. The Morgan fingerprint density at radius 2 is 1.93 bits per heavy atom. The molecule has 0 fully saturated rings. The molecule has 0 aromatic heterocycles. The number of benzene rings is 1. The molecule has 2 nitrogen and oxygen atoms in total. The normalized spacial score (nSPS) is 8.93. The van der Waals surface area contributed by atoms with Crippen LogP contribution < -0.4 is 0 Å². The summed E-state index contributed by atoms with van der Waals surface area (Å²) in [5.74, 6) is -1.88. The quantitative estimate of drug-likeness (QED) is 0.807. The Bertz CT molecular complexity index is 337. The molecule has 0 saturated heterocycles. The smallest absolute Gasteiger partial charge is 0.338 e. The standard InChI is InChI=1S/C8H6FIO2.C2H6/c1-4-2-3-5(8(11)12)6(9)7(4)10;1-2/h2-3H,1H3,(H,11,12);1-2H3. The Kier molecular flexibility index (Phi) is 5.68. The van der Waals surface area contributed by atoms with Crippen molar-refractivity contribution in [2.24, 2.45) is 0 Å². The summed E-state index contributed by atoms with van der Waals surface area (Å²) in [5.41, 5.74) is 0.475. The van der Waals surface area contributed by atoms with Gasteiger partial charge in [-0.3, -0.25) is 0 Å². The molecular formula is C10H12FIO2. The zero-order chi connectivity index (χ0) is 11.3. The van der Waals surface area contributed by atoms with Crippen molar-refractivity contribution >= 4 is 28.6 Å². The molecule has 0 heterocycles. The number of aromatic carboxylic acids is 1. The van der Waals surface area contributed by atoms with Crippen LogP contribution in [0.5, 0.6) is 0 Å². The van der Waals surface area contributed by atoms with E-state index in [9.17, 15) is 9.18 Å². The molecule has 0 aliphatic rings. The highest BCUT2D eigenvalue weighted by molar-refractivity contribution is 14.1. The summed E-state index contributed by atoms with van der Waals surface area (Å²) in [6.07, 6.45) is 0. The van der Waals surface area contributed by atoms with Gasteiger partial charge in [0.25, 0.3) is 0 Å². The van der Waals surface area contributed by atoms with Crippen molar-refractivity contribution in [3.63, 3.8) is 0 Å². The van der Waals surface area contributed by atoms with E-state index >= 15 is 0 Å². The minimum atomic E-state index is -1.23. The highest BCUT2D eigenvalue weighted by atomic mass is 127. The van der Waals surface area contributed by atoms with Gasteiger partial charge >= 0.3 is 5.97 Å². The molecule has 1 aromatic carbocycles. The minimum absolute atomic E-state index is 0.273. The first-order valence-corrected chi connectivity index (χ1v) is 5.30. The fraction of sp³-hybridized carbons (Fsp3) is 0.300. The van der Waals surface area contributed by atoms with Gasteiger partial charge < -0.3 is 5.11 Å². The lowest BCUT2D eigenvalue weighted by Crippen LogP contribution is -2.02. The van der Waals surface area contributed by atoms with E-state index in [4.69, 9.17) is 5.11 Å². The summed E-state index contributed by atoms with van der Waals surface area (Å²) < 4.78 is 13.5. The van der Waals surface area contributed by atoms with Crippen molar-refractivity contribution in [3.05, 3.63) is 32.6 Å². The summed E-state index contributed by atoms with van der Waals surface area (Å²) in [6.45, 7) is 5.73. The van der Waals surface area contributed by atoms with Crippen LogP contribution in [-0.2, 0) is 0 Å². The maximum atomic E-state index is 13.1. The van der Waals surface area contributed by atoms with E-state index < -0.39 is 11.8 Å². The molecule has 4 heteroatoms. The number of rotatable bonds is 1. The number of halogens is 2. The average Bonchev–Trinajstić information content (AvgIpc) is 2.17. The van der Waals surface area contributed by atoms with Gasteiger partial charge in [0.2, 0.25) is 0 Å². The maximum Gasteiger partial charge on any atom is 0.338 e. The van der Waals surface area contributed by atoms with Gasteiger partial charge in [-0.15, -0.1) is 0 Å². The van der Waals surface area contributed by atoms with Crippen molar-refractivity contribution < 1.29 is 14.3 Å². The van der Waals surface area contributed by atoms with Gasteiger partial charge in [-0.1, -0.05) is 19.9 Å². The molecule has 0 spiro atoms. The first-order chi connectivity index (χ1) is 6.54. The Morgan fingerprint density at radius 1 is 1.43 bits per heavy atom. The number of aryl methyl sites for hydroxylation is 1. The molecule has 78 valence electrons. The van der Waals surface area contributed by atoms with E-state index in [1.54, 1.807) is 35.6 Å². The summed E-state index contributed by atoms with van der Waals surface area (Å²) in [5, 5.41) is 8.54. The lowest BCUT2D eigenvalue weighted by Gasteiger charge is -2.02. The first kappa shape index (κ1) is 13.4. The Hall–Kier alpha value is -0.650. The van der Waals surface area contributed by atoms with Crippen LogP contribution in [0.1, 0.15) is 29.8 Å². The fourth-order valence-electron chi connectivity index (χ4n) is 0.811. The van der Waals surface area contributed by atoms with E-state index in [2.05, 4.69) is 0 Å². The van der Waals surface area contributed by atoms with Gasteiger partial charge in [-0.05, 0) is 41.1 Å². The van der Waals surface area contributed by atoms with Crippen LogP contribution in [0.3, 0.4) is 0 Å². The van der Waals surface area contributed by atoms with Crippen molar-refractivity contribution in [2.75, 3.05) is 0 Å². The van der Waals surface area contributed by atoms with Crippen LogP contribution in [-0.4, -0.2) is 11.1 Å². The van der Waals surface area contributed by atoms with Gasteiger partial charge in [-0.25, -0.2) is 9.18 Å². The summed E-state index contributed by atoms with van der Waals surface area (Å²) in [6, 6.07) is 2.86. The summed E-state index contributed by atoms with van der Waals surface area (Å²) in [7, 11) is 0. The molecule has 0 unspecified atom stereocenters.